The van der Waals surface area contributed by atoms with Crippen molar-refractivity contribution in [1.82, 2.24) is 10.2 Å². The molecule has 8 heteroatoms. The van der Waals surface area contributed by atoms with E-state index in [1.807, 2.05) is 17.9 Å². The molecule has 148 valence electrons. The van der Waals surface area contributed by atoms with Crippen LogP contribution in [-0.4, -0.2) is 41.8 Å². The summed E-state index contributed by atoms with van der Waals surface area (Å²) in [5.74, 6) is -0.743. The van der Waals surface area contributed by atoms with E-state index in [4.69, 9.17) is 0 Å². The number of aryl methyl sites for hydroxylation is 1. The summed E-state index contributed by atoms with van der Waals surface area (Å²) in [7, 11) is 0. The van der Waals surface area contributed by atoms with Crippen molar-refractivity contribution >= 4 is 50.7 Å². The topological polar surface area (TPSA) is 78.5 Å². The Bertz CT molecular complexity index is 906. The number of hydrogen-bond acceptors (Lipinski definition) is 4. The van der Waals surface area contributed by atoms with Crippen LogP contribution in [0.2, 0.25) is 0 Å². The molecule has 1 atom stereocenters. The van der Waals surface area contributed by atoms with Gasteiger partial charge in [0, 0.05) is 13.1 Å². The fraction of sp³-hybridized carbons (Fsp3) is 0.350. The molecule has 1 aromatic heterocycles. The van der Waals surface area contributed by atoms with Gasteiger partial charge in [-0.2, -0.15) is 0 Å². The molecule has 3 amide bonds. The summed E-state index contributed by atoms with van der Waals surface area (Å²) in [5.41, 5.74) is 1.80. The average molecular weight is 464 g/mol. The van der Waals surface area contributed by atoms with Crippen LogP contribution >= 0.6 is 27.3 Å². The second-order valence-electron chi connectivity index (χ2n) is 6.78. The summed E-state index contributed by atoms with van der Waals surface area (Å²) in [6.45, 7) is 4.96. The molecule has 1 fully saturated rings. The van der Waals surface area contributed by atoms with Gasteiger partial charge in [0.1, 0.15) is 6.04 Å². The first-order valence-electron chi connectivity index (χ1n) is 9.13. The standard InChI is InChI=1S/C20H22BrN3O3S/c1-12-6-5-7-14(17(12)20(27)24-10-3-4-11-24)23-18(25)13(2)22-19(26)15-8-9-16(21)28-15/h5-9,13H,3-4,10-11H2,1-2H3,(H,22,26)(H,23,25). The number of nitrogens with one attached hydrogen (secondary N) is 2. The highest BCUT2D eigenvalue weighted by Crippen LogP contribution is 2.24. The summed E-state index contributed by atoms with van der Waals surface area (Å²) in [6.07, 6.45) is 2.00. The van der Waals surface area contributed by atoms with Crippen LogP contribution in [0.3, 0.4) is 0 Å². The second kappa shape index (κ2) is 8.87. The summed E-state index contributed by atoms with van der Waals surface area (Å²) >= 11 is 4.62. The lowest BCUT2D eigenvalue weighted by molar-refractivity contribution is -0.117. The van der Waals surface area contributed by atoms with Crippen LogP contribution in [0.15, 0.2) is 34.1 Å². The number of hydrogen-bond donors (Lipinski definition) is 2. The summed E-state index contributed by atoms with van der Waals surface area (Å²) in [4.78, 5) is 40.1. The van der Waals surface area contributed by atoms with E-state index in [0.29, 0.717) is 16.1 Å². The van der Waals surface area contributed by atoms with E-state index in [1.165, 1.54) is 11.3 Å². The molecule has 1 saturated heterocycles. The molecule has 0 spiro atoms. The number of likely N-dealkylation sites (tertiary alicyclic amines) is 1. The molecule has 1 aliphatic heterocycles. The van der Waals surface area contributed by atoms with Crippen molar-refractivity contribution in [2.45, 2.75) is 32.7 Å². The zero-order chi connectivity index (χ0) is 20.3. The van der Waals surface area contributed by atoms with E-state index < -0.39 is 6.04 Å². The summed E-state index contributed by atoms with van der Waals surface area (Å²) in [6, 6.07) is 8.12. The molecule has 0 saturated carbocycles. The SMILES string of the molecule is Cc1cccc(NC(=O)C(C)NC(=O)c2ccc(Br)s2)c1C(=O)N1CCCC1. The van der Waals surface area contributed by atoms with E-state index >= 15 is 0 Å². The Balaban J connectivity index is 1.72. The van der Waals surface area contributed by atoms with Crippen molar-refractivity contribution in [1.29, 1.82) is 0 Å². The van der Waals surface area contributed by atoms with Gasteiger partial charge in [0.15, 0.2) is 0 Å². The monoisotopic (exact) mass is 463 g/mol. The average Bonchev–Trinajstić information content (AvgIpc) is 3.33. The van der Waals surface area contributed by atoms with Crippen LogP contribution in [0.1, 0.15) is 45.4 Å². The quantitative estimate of drug-likeness (QED) is 0.707. The molecule has 0 aliphatic carbocycles. The Labute approximate surface area is 176 Å². The largest absolute Gasteiger partial charge is 0.340 e. The number of carbonyl (C=O) groups excluding carboxylic acids is 3. The predicted molar refractivity (Wildman–Crippen MR) is 114 cm³/mol. The highest BCUT2D eigenvalue weighted by Gasteiger charge is 2.25. The maximum Gasteiger partial charge on any atom is 0.262 e. The minimum absolute atomic E-state index is 0.0639. The first kappa shape index (κ1) is 20.5. The van der Waals surface area contributed by atoms with Gasteiger partial charge in [0.05, 0.1) is 19.9 Å². The van der Waals surface area contributed by atoms with Crippen LogP contribution in [0.4, 0.5) is 5.69 Å². The fourth-order valence-electron chi connectivity index (χ4n) is 3.14. The third kappa shape index (κ3) is 4.62. The number of benzene rings is 1. The number of rotatable bonds is 5. The molecule has 2 heterocycles. The highest BCUT2D eigenvalue weighted by atomic mass is 79.9. The van der Waals surface area contributed by atoms with E-state index in [-0.39, 0.29) is 17.7 Å². The Morgan fingerprint density at radius 3 is 2.50 bits per heavy atom. The molecular weight excluding hydrogens is 442 g/mol. The van der Waals surface area contributed by atoms with Crippen molar-refractivity contribution in [2.75, 3.05) is 18.4 Å². The van der Waals surface area contributed by atoms with Crippen molar-refractivity contribution in [3.05, 3.63) is 50.1 Å². The summed E-state index contributed by atoms with van der Waals surface area (Å²) in [5, 5.41) is 5.50. The highest BCUT2D eigenvalue weighted by molar-refractivity contribution is 9.11. The first-order chi connectivity index (χ1) is 13.4. The molecule has 3 rings (SSSR count). The third-order valence-corrected chi connectivity index (χ3v) is 6.30. The first-order valence-corrected chi connectivity index (χ1v) is 10.7. The van der Waals surface area contributed by atoms with Crippen molar-refractivity contribution in [3.63, 3.8) is 0 Å². The number of thiophene rings is 1. The van der Waals surface area contributed by atoms with E-state index in [9.17, 15) is 14.4 Å². The summed E-state index contributed by atoms with van der Waals surface area (Å²) < 4.78 is 0.847. The van der Waals surface area contributed by atoms with Gasteiger partial charge in [-0.25, -0.2) is 0 Å². The molecule has 6 nitrogen and oxygen atoms in total. The van der Waals surface area contributed by atoms with Crippen LogP contribution in [0, 0.1) is 6.92 Å². The van der Waals surface area contributed by atoms with Gasteiger partial charge in [0.2, 0.25) is 5.91 Å². The van der Waals surface area contributed by atoms with Gasteiger partial charge in [0.25, 0.3) is 11.8 Å². The number of amides is 3. The zero-order valence-corrected chi connectivity index (χ0v) is 18.2. The minimum atomic E-state index is -0.747. The lowest BCUT2D eigenvalue weighted by Gasteiger charge is -2.21. The second-order valence-corrected chi connectivity index (χ2v) is 9.25. The number of nitrogens with zero attached hydrogens (tertiary/aromatic N) is 1. The van der Waals surface area contributed by atoms with Gasteiger partial charge in [-0.15, -0.1) is 11.3 Å². The van der Waals surface area contributed by atoms with E-state index in [0.717, 1.165) is 35.3 Å². The smallest absolute Gasteiger partial charge is 0.262 e. The normalized spacial score (nSPS) is 14.6. The lowest BCUT2D eigenvalue weighted by atomic mass is 10.0. The van der Waals surface area contributed by atoms with Crippen molar-refractivity contribution in [3.8, 4) is 0 Å². The van der Waals surface area contributed by atoms with Crippen LogP contribution < -0.4 is 10.6 Å². The Kier molecular flexibility index (Phi) is 6.51. The van der Waals surface area contributed by atoms with Gasteiger partial charge in [-0.3, -0.25) is 14.4 Å². The molecule has 2 aromatic rings. The van der Waals surface area contributed by atoms with Crippen LogP contribution in [0.25, 0.3) is 0 Å². The van der Waals surface area contributed by atoms with E-state index in [1.54, 1.807) is 31.2 Å². The molecule has 28 heavy (non-hydrogen) atoms. The van der Waals surface area contributed by atoms with Crippen LogP contribution in [-0.2, 0) is 4.79 Å². The van der Waals surface area contributed by atoms with Gasteiger partial charge in [-0.1, -0.05) is 12.1 Å². The maximum atomic E-state index is 12.9. The van der Waals surface area contributed by atoms with Gasteiger partial charge in [-0.05, 0) is 66.4 Å². The number of anilines is 1. The molecular formula is C20H22BrN3O3S. The zero-order valence-electron chi connectivity index (χ0n) is 15.8. The fourth-order valence-corrected chi connectivity index (χ4v) is 4.43. The maximum absolute atomic E-state index is 12.9. The van der Waals surface area contributed by atoms with Gasteiger partial charge < -0.3 is 15.5 Å². The minimum Gasteiger partial charge on any atom is -0.340 e. The Morgan fingerprint density at radius 1 is 1.14 bits per heavy atom. The van der Waals surface area contributed by atoms with Crippen molar-refractivity contribution < 1.29 is 14.4 Å². The molecule has 1 aliphatic rings. The molecule has 0 bridgehead atoms. The third-order valence-electron chi connectivity index (χ3n) is 4.68. The predicted octanol–water partition coefficient (Wildman–Crippen LogP) is 3.81. The van der Waals surface area contributed by atoms with Crippen LogP contribution in [0.5, 0.6) is 0 Å². The number of carbonyl (C=O) groups is 3. The molecule has 2 N–H and O–H groups in total. The van der Waals surface area contributed by atoms with Gasteiger partial charge >= 0.3 is 0 Å². The molecule has 1 aromatic carbocycles. The van der Waals surface area contributed by atoms with E-state index in [2.05, 4.69) is 26.6 Å². The Morgan fingerprint density at radius 2 is 1.86 bits per heavy atom. The van der Waals surface area contributed by atoms with Crippen molar-refractivity contribution in [2.24, 2.45) is 0 Å². The molecule has 1 unspecified atom stereocenters. The number of halogens is 1. The Hall–Kier alpha value is -2.19. The molecule has 0 radical (unpaired) electrons. The lowest BCUT2D eigenvalue weighted by Crippen LogP contribution is -2.41.